The summed E-state index contributed by atoms with van der Waals surface area (Å²) in [6.07, 6.45) is 32.8. The van der Waals surface area contributed by atoms with Crippen LogP contribution in [0.3, 0.4) is 0 Å². The summed E-state index contributed by atoms with van der Waals surface area (Å²) in [5.74, 6) is -0.167. The van der Waals surface area contributed by atoms with E-state index in [1.807, 2.05) is 21.1 Å². The van der Waals surface area contributed by atoms with Crippen LogP contribution < -0.4 is 10.2 Å². The second-order valence-corrected chi connectivity index (χ2v) is 16.8. The Morgan fingerprint density at radius 1 is 0.646 bits per heavy atom. The largest absolute Gasteiger partial charge is 0.756 e. The van der Waals surface area contributed by atoms with Gasteiger partial charge in [0.15, 0.2) is 0 Å². The highest BCUT2D eigenvalue weighted by atomic mass is 31.2. The Balaban J connectivity index is 4.12. The van der Waals surface area contributed by atoms with E-state index in [4.69, 9.17) is 9.05 Å². The molecule has 3 atom stereocenters. The molecule has 0 aliphatic carbocycles. The number of carbonyl (C=O) groups excluding carboxylic acids is 1. The number of hydrogen-bond donors (Lipinski definition) is 2. The van der Waals surface area contributed by atoms with E-state index in [-0.39, 0.29) is 19.1 Å². The summed E-state index contributed by atoms with van der Waals surface area (Å²) in [6, 6.07) is -0.789. The molecular formula is C39H81N2O6P. The number of carbonyl (C=O) groups is 1. The van der Waals surface area contributed by atoms with Crippen molar-refractivity contribution in [1.82, 2.24) is 5.32 Å². The molecule has 0 aromatic rings. The van der Waals surface area contributed by atoms with E-state index >= 15 is 0 Å². The van der Waals surface area contributed by atoms with Gasteiger partial charge in [-0.3, -0.25) is 9.36 Å². The summed E-state index contributed by atoms with van der Waals surface area (Å²) in [7, 11) is 1.31. The van der Waals surface area contributed by atoms with Crippen molar-refractivity contribution in [2.75, 3.05) is 40.9 Å². The second kappa shape index (κ2) is 32.4. The summed E-state index contributed by atoms with van der Waals surface area (Å²) >= 11 is 0. The highest BCUT2D eigenvalue weighted by Crippen LogP contribution is 2.38. The van der Waals surface area contributed by atoms with Crippen LogP contribution in [0.5, 0.6) is 0 Å². The number of nitrogens with zero attached hydrogens (tertiary/aromatic N) is 1. The fraction of sp³-hybridized carbons (Fsp3) is 0.974. The van der Waals surface area contributed by atoms with Gasteiger partial charge in [-0.25, -0.2) is 0 Å². The first-order valence-corrected chi connectivity index (χ1v) is 21.8. The highest BCUT2D eigenvalue weighted by Gasteiger charge is 2.24. The molecule has 0 saturated carbocycles. The molecule has 0 rings (SSSR count). The lowest BCUT2D eigenvalue weighted by molar-refractivity contribution is -0.870. The molecule has 0 aliphatic heterocycles. The van der Waals surface area contributed by atoms with Crippen molar-refractivity contribution in [2.24, 2.45) is 0 Å². The summed E-state index contributed by atoms with van der Waals surface area (Å²) in [5.41, 5.74) is 0. The predicted octanol–water partition coefficient (Wildman–Crippen LogP) is 10.0. The third kappa shape index (κ3) is 34.0. The van der Waals surface area contributed by atoms with Gasteiger partial charge in [-0.05, 0) is 12.8 Å². The van der Waals surface area contributed by atoms with E-state index in [0.29, 0.717) is 23.9 Å². The average molecular weight is 705 g/mol. The number of likely N-dealkylation sites (N-methyl/N-ethyl adjacent to an activating group) is 1. The van der Waals surface area contributed by atoms with Crippen molar-refractivity contribution in [3.8, 4) is 0 Å². The molecule has 0 aliphatic rings. The van der Waals surface area contributed by atoms with E-state index in [0.717, 1.165) is 38.5 Å². The Morgan fingerprint density at radius 3 is 1.42 bits per heavy atom. The van der Waals surface area contributed by atoms with Gasteiger partial charge in [0, 0.05) is 6.42 Å². The number of nitrogens with one attached hydrogen (secondary N) is 1. The first kappa shape index (κ1) is 47.5. The number of phosphoric acid groups is 1. The highest BCUT2D eigenvalue weighted by molar-refractivity contribution is 7.45. The molecule has 3 unspecified atom stereocenters. The maximum atomic E-state index is 12.7. The van der Waals surface area contributed by atoms with Crippen molar-refractivity contribution >= 4 is 13.7 Å². The van der Waals surface area contributed by atoms with Gasteiger partial charge < -0.3 is 28.8 Å². The Bertz CT molecular complexity index is 763. The SMILES string of the molecule is CCCCCCCCCCCCCCCCCCCCCCC(=O)NC(COP(=O)([O-])OCC[N+](C)(C)C)C(O)CCCCCCCC. The maximum Gasteiger partial charge on any atom is 0.268 e. The number of phosphoric ester groups is 1. The number of aliphatic hydroxyl groups excluding tert-OH is 1. The standard InChI is InChI=1S/C39H81N2O6P/c1-6-8-10-12-14-15-16-17-18-19-20-21-22-23-24-25-26-27-29-31-33-39(43)40-37(38(42)32-30-28-13-11-9-7-2)36-47-48(44,45)46-35-34-41(3,4)5/h37-38,42H,6-36H2,1-5H3,(H-,40,43,44,45). The lowest BCUT2D eigenvalue weighted by Crippen LogP contribution is -2.46. The summed E-state index contributed by atoms with van der Waals surface area (Å²) in [4.78, 5) is 25.1. The van der Waals surface area contributed by atoms with Crippen LogP contribution in [0.4, 0.5) is 0 Å². The van der Waals surface area contributed by atoms with Gasteiger partial charge in [0.05, 0.1) is 39.9 Å². The molecule has 0 heterocycles. The molecule has 48 heavy (non-hydrogen) atoms. The molecule has 0 radical (unpaired) electrons. The zero-order valence-corrected chi connectivity index (χ0v) is 33.4. The van der Waals surface area contributed by atoms with Gasteiger partial charge in [-0.2, -0.15) is 0 Å². The number of rotatable bonds is 37. The monoisotopic (exact) mass is 705 g/mol. The van der Waals surface area contributed by atoms with Crippen LogP contribution in [-0.2, 0) is 18.4 Å². The second-order valence-electron chi connectivity index (χ2n) is 15.4. The quantitative estimate of drug-likeness (QED) is 0.0379. The van der Waals surface area contributed by atoms with E-state index in [1.165, 1.54) is 128 Å². The fourth-order valence-corrected chi connectivity index (χ4v) is 6.76. The normalized spacial score (nSPS) is 14.6. The van der Waals surface area contributed by atoms with Crippen molar-refractivity contribution in [2.45, 2.75) is 206 Å². The molecule has 2 N–H and O–H groups in total. The van der Waals surface area contributed by atoms with Crippen LogP contribution in [-0.4, -0.2) is 68.5 Å². The zero-order valence-electron chi connectivity index (χ0n) is 32.5. The summed E-state index contributed by atoms with van der Waals surface area (Å²) < 4.78 is 23.1. The van der Waals surface area contributed by atoms with Crippen LogP contribution in [0.2, 0.25) is 0 Å². The van der Waals surface area contributed by atoms with Crippen LogP contribution >= 0.6 is 7.82 Å². The van der Waals surface area contributed by atoms with E-state index in [2.05, 4.69) is 19.2 Å². The third-order valence-corrected chi connectivity index (χ3v) is 10.3. The van der Waals surface area contributed by atoms with Crippen LogP contribution in [0.15, 0.2) is 0 Å². The lowest BCUT2D eigenvalue weighted by atomic mass is 10.0. The van der Waals surface area contributed by atoms with Crippen LogP contribution in [0.1, 0.15) is 194 Å². The Kier molecular flexibility index (Phi) is 32.1. The minimum Gasteiger partial charge on any atom is -0.756 e. The van der Waals surface area contributed by atoms with Crippen LogP contribution in [0.25, 0.3) is 0 Å². The minimum absolute atomic E-state index is 0.0149. The van der Waals surface area contributed by atoms with Crippen molar-refractivity contribution in [3.05, 3.63) is 0 Å². The van der Waals surface area contributed by atoms with Crippen molar-refractivity contribution in [1.29, 1.82) is 0 Å². The molecular weight excluding hydrogens is 623 g/mol. The number of hydrogen-bond acceptors (Lipinski definition) is 6. The van der Waals surface area contributed by atoms with E-state index in [1.54, 1.807) is 0 Å². The van der Waals surface area contributed by atoms with Gasteiger partial charge in [0.2, 0.25) is 5.91 Å². The van der Waals surface area contributed by atoms with Gasteiger partial charge in [0.1, 0.15) is 13.2 Å². The summed E-state index contributed by atoms with van der Waals surface area (Å²) in [6.45, 7) is 4.66. The minimum atomic E-state index is -4.54. The smallest absolute Gasteiger partial charge is 0.268 e. The third-order valence-electron chi connectivity index (χ3n) is 9.35. The molecule has 0 bridgehead atoms. The fourth-order valence-electron chi connectivity index (χ4n) is 6.04. The molecule has 0 spiro atoms. The Hall–Kier alpha value is -0.500. The van der Waals surface area contributed by atoms with Gasteiger partial charge in [-0.15, -0.1) is 0 Å². The number of amides is 1. The first-order chi connectivity index (χ1) is 23.0. The maximum absolute atomic E-state index is 12.7. The molecule has 288 valence electrons. The number of unbranched alkanes of at least 4 members (excludes halogenated alkanes) is 24. The summed E-state index contributed by atoms with van der Waals surface area (Å²) in [5, 5.41) is 13.7. The molecule has 1 amide bonds. The number of aliphatic hydroxyl groups is 1. The molecule has 0 saturated heterocycles. The van der Waals surface area contributed by atoms with Gasteiger partial charge in [-0.1, -0.05) is 174 Å². The zero-order chi connectivity index (χ0) is 35.8. The average Bonchev–Trinajstić information content (AvgIpc) is 3.02. The molecule has 8 nitrogen and oxygen atoms in total. The predicted molar refractivity (Wildman–Crippen MR) is 201 cm³/mol. The van der Waals surface area contributed by atoms with Crippen molar-refractivity contribution < 1.29 is 32.9 Å². The topological polar surface area (TPSA) is 108 Å². The Morgan fingerprint density at radius 2 is 1.02 bits per heavy atom. The van der Waals surface area contributed by atoms with Crippen molar-refractivity contribution in [3.63, 3.8) is 0 Å². The first-order valence-electron chi connectivity index (χ1n) is 20.4. The molecule has 0 aromatic heterocycles. The van der Waals surface area contributed by atoms with Gasteiger partial charge in [0.25, 0.3) is 7.82 Å². The number of quaternary nitrogens is 1. The molecule has 9 heteroatoms. The Labute approximate surface area is 298 Å². The van der Waals surface area contributed by atoms with Gasteiger partial charge >= 0.3 is 0 Å². The van der Waals surface area contributed by atoms with E-state index in [9.17, 15) is 19.4 Å². The molecule has 0 aromatic carbocycles. The molecule has 0 fully saturated rings. The lowest BCUT2D eigenvalue weighted by Gasteiger charge is -2.30. The van der Waals surface area contributed by atoms with Crippen LogP contribution in [0, 0.1) is 0 Å². The van der Waals surface area contributed by atoms with E-state index < -0.39 is 20.0 Å².